The second-order valence-electron chi connectivity index (χ2n) is 7.33. The summed E-state index contributed by atoms with van der Waals surface area (Å²) < 4.78 is 1.74. The Hall–Kier alpha value is -1.62. The molecule has 1 aromatic rings. The lowest BCUT2D eigenvalue weighted by atomic mass is 9.79. The molecular formula is C19H30N4O. The first-order chi connectivity index (χ1) is 11.7. The second kappa shape index (κ2) is 7.97. The number of aromatic nitrogens is 2. The summed E-state index contributed by atoms with van der Waals surface area (Å²) in [4.78, 5) is 14.9. The van der Waals surface area contributed by atoms with E-state index in [0.717, 1.165) is 12.1 Å². The van der Waals surface area contributed by atoms with Crippen LogP contribution in [-0.2, 0) is 11.8 Å². The molecule has 24 heavy (non-hydrogen) atoms. The highest BCUT2D eigenvalue weighted by atomic mass is 16.1. The molecule has 5 heteroatoms. The maximum Gasteiger partial charge on any atom is 0.244 e. The Kier molecular flexibility index (Phi) is 5.72. The SMILES string of the molecule is Cn1cc(C=CC(=O)NCC2(N3CCCCC3)CCCCC2)cn1. The van der Waals surface area contributed by atoms with Crippen LogP contribution < -0.4 is 5.32 Å². The van der Waals surface area contributed by atoms with Gasteiger partial charge in [-0.05, 0) is 44.8 Å². The van der Waals surface area contributed by atoms with Gasteiger partial charge in [0.2, 0.25) is 5.91 Å². The summed E-state index contributed by atoms with van der Waals surface area (Å²) in [6, 6.07) is 0. The predicted molar refractivity (Wildman–Crippen MR) is 96.5 cm³/mol. The van der Waals surface area contributed by atoms with E-state index in [4.69, 9.17) is 0 Å². The standard InChI is InChI=1S/C19H30N4O/c1-22-15-17(14-21-22)8-9-18(24)20-16-19(10-4-2-5-11-19)23-12-6-3-7-13-23/h8-9,14-15H,2-7,10-13,16H2,1H3,(H,20,24). The summed E-state index contributed by atoms with van der Waals surface area (Å²) in [5, 5.41) is 7.29. The highest BCUT2D eigenvalue weighted by Gasteiger charge is 2.38. The largest absolute Gasteiger partial charge is 0.351 e. The Bertz CT molecular complexity index is 566. The van der Waals surface area contributed by atoms with Crippen LogP contribution in [0.5, 0.6) is 0 Å². The lowest BCUT2D eigenvalue weighted by molar-refractivity contribution is -0.117. The number of hydrogen-bond donors (Lipinski definition) is 1. The van der Waals surface area contributed by atoms with E-state index >= 15 is 0 Å². The normalized spacial score (nSPS) is 21.9. The third-order valence-electron chi connectivity index (χ3n) is 5.55. The van der Waals surface area contributed by atoms with Gasteiger partial charge in [-0.2, -0.15) is 5.10 Å². The lowest BCUT2D eigenvalue weighted by Gasteiger charge is -2.48. The lowest BCUT2D eigenvalue weighted by Crippen LogP contribution is -2.58. The van der Waals surface area contributed by atoms with E-state index in [0.29, 0.717) is 0 Å². The molecule has 0 atom stereocenters. The number of aryl methyl sites for hydroxylation is 1. The average Bonchev–Trinajstić information content (AvgIpc) is 3.05. The van der Waals surface area contributed by atoms with E-state index in [1.54, 1.807) is 17.0 Å². The van der Waals surface area contributed by atoms with Gasteiger partial charge in [0.25, 0.3) is 0 Å². The van der Waals surface area contributed by atoms with Crippen molar-refractivity contribution in [2.45, 2.75) is 56.9 Å². The first-order valence-electron chi connectivity index (χ1n) is 9.38. The van der Waals surface area contributed by atoms with Crippen molar-refractivity contribution < 1.29 is 4.79 Å². The summed E-state index contributed by atoms with van der Waals surface area (Å²) in [5.74, 6) is 0.000751. The summed E-state index contributed by atoms with van der Waals surface area (Å²) in [6.07, 6.45) is 17.4. The number of piperidine rings is 1. The molecule has 3 rings (SSSR count). The average molecular weight is 330 g/mol. The molecule has 0 unspecified atom stereocenters. The molecule has 2 heterocycles. The molecule has 2 aliphatic rings. The van der Waals surface area contributed by atoms with Gasteiger partial charge in [0.05, 0.1) is 6.20 Å². The Labute approximate surface area is 145 Å². The number of amides is 1. The molecule has 132 valence electrons. The molecule has 1 N–H and O–H groups in total. The van der Waals surface area contributed by atoms with Crippen LogP contribution in [0.1, 0.15) is 56.9 Å². The van der Waals surface area contributed by atoms with Crippen LogP contribution in [-0.4, -0.2) is 45.8 Å². The zero-order valence-corrected chi connectivity index (χ0v) is 14.8. The molecule has 1 amide bonds. The van der Waals surface area contributed by atoms with E-state index in [-0.39, 0.29) is 11.4 Å². The van der Waals surface area contributed by atoms with Gasteiger partial charge in [0.1, 0.15) is 0 Å². The number of carbonyl (C=O) groups excluding carboxylic acids is 1. The number of nitrogens with zero attached hydrogens (tertiary/aromatic N) is 3. The Morgan fingerprint density at radius 3 is 2.58 bits per heavy atom. The molecule has 1 saturated heterocycles. The molecule has 0 bridgehead atoms. The van der Waals surface area contributed by atoms with Crippen LogP contribution in [0.25, 0.3) is 6.08 Å². The van der Waals surface area contributed by atoms with Crippen LogP contribution in [0.2, 0.25) is 0 Å². The smallest absolute Gasteiger partial charge is 0.244 e. The summed E-state index contributed by atoms with van der Waals surface area (Å²) >= 11 is 0. The zero-order chi connectivity index (χ0) is 16.8. The van der Waals surface area contributed by atoms with Crippen molar-refractivity contribution in [3.05, 3.63) is 24.0 Å². The molecule has 5 nitrogen and oxygen atoms in total. The van der Waals surface area contributed by atoms with Gasteiger partial charge in [-0.3, -0.25) is 14.4 Å². The number of rotatable bonds is 5. The van der Waals surface area contributed by atoms with Gasteiger partial charge in [-0.15, -0.1) is 0 Å². The van der Waals surface area contributed by atoms with Gasteiger partial charge < -0.3 is 5.32 Å². The molecule has 1 aliphatic heterocycles. The molecule has 2 fully saturated rings. The number of carbonyl (C=O) groups is 1. The third kappa shape index (κ3) is 4.26. The van der Waals surface area contributed by atoms with Crippen molar-refractivity contribution in [1.29, 1.82) is 0 Å². The molecule has 1 saturated carbocycles. The number of likely N-dealkylation sites (tertiary alicyclic amines) is 1. The first kappa shape index (κ1) is 17.2. The van der Waals surface area contributed by atoms with Gasteiger partial charge in [-0.1, -0.05) is 25.7 Å². The predicted octanol–water partition coefficient (Wildman–Crippen LogP) is 2.74. The van der Waals surface area contributed by atoms with Gasteiger partial charge in [0.15, 0.2) is 0 Å². The third-order valence-corrected chi connectivity index (χ3v) is 5.55. The van der Waals surface area contributed by atoms with Crippen molar-refractivity contribution in [3.63, 3.8) is 0 Å². The van der Waals surface area contributed by atoms with Crippen molar-refractivity contribution in [2.24, 2.45) is 7.05 Å². The maximum absolute atomic E-state index is 12.2. The quantitative estimate of drug-likeness (QED) is 0.845. The van der Waals surface area contributed by atoms with E-state index in [1.165, 1.54) is 64.5 Å². The van der Waals surface area contributed by atoms with Crippen LogP contribution >= 0.6 is 0 Å². The molecule has 0 radical (unpaired) electrons. The van der Waals surface area contributed by atoms with Gasteiger partial charge >= 0.3 is 0 Å². The van der Waals surface area contributed by atoms with Crippen molar-refractivity contribution >= 4 is 12.0 Å². The van der Waals surface area contributed by atoms with Gasteiger partial charge in [0, 0.05) is 37.0 Å². The monoisotopic (exact) mass is 330 g/mol. The fourth-order valence-corrected chi connectivity index (χ4v) is 4.19. The maximum atomic E-state index is 12.2. The molecule has 0 aromatic carbocycles. The van der Waals surface area contributed by atoms with E-state index in [9.17, 15) is 4.79 Å². The van der Waals surface area contributed by atoms with Crippen molar-refractivity contribution in [2.75, 3.05) is 19.6 Å². The topological polar surface area (TPSA) is 50.2 Å². The number of hydrogen-bond acceptors (Lipinski definition) is 3. The fourth-order valence-electron chi connectivity index (χ4n) is 4.19. The number of nitrogens with one attached hydrogen (secondary N) is 1. The van der Waals surface area contributed by atoms with E-state index < -0.39 is 0 Å². The minimum absolute atomic E-state index is 0.000751. The summed E-state index contributed by atoms with van der Waals surface area (Å²) in [5.41, 5.74) is 1.15. The van der Waals surface area contributed by atoms with E-state index in [2.05, 4.69) is 15.3 Å². The van der Waals surface area contributed by atoms with Crippen LogP contribution in [0.4, 0.5) is 0 Å². The Morgan fingerprint density at radius 1 is 1.21 bits per heavy atom. The minimum atomic E-state index is 0.000751. The van der Waals surface area contributed by atoms with Crippen LogP contribution in [0.3, 0.4) is 0 Å². The first-order valence-corrected chi connectivity index (χ1v) is 9.38. The van der Waals surface area contributed by atoms with Gasteiger partial charge in [-0.25, -0.2) is 0 Å². The zero-order valence-electron chi connectivity index (χ0n) is 14.8. The van der Waals surface area contributed by atoms with Crippen LogP contribution in [0.15, 0.2) is 18.5 Å². The highest BCUT2D eigenvalue weighted by molar-refractivity contribution is 5.91. The van der Waals surface area contributed by atoms with Crippen molar-refractivity contribution in [3.8, 4) is 0 Å². The molecule has 0 spiro atoms. The summed E-state index contributed by atoms with van der Waals surface area (Å²) in [6.45, 7) is 3.17. The second-order valence-corrected chi connectivity index (χ2v) is 7.33. The Balaban J connectivity index is 1.58. The summed E-state index contributed by atoms with van der Waals surface area (Å²) in [7, 11) is 1.88. The Morgan fingerprint density at radius 2 is 1.92 bits per heavy atom. The van der Waals surface area contributed by atoms with Crippen LogP contribution in [0, 0.1) is 0 Å². The van der Waals surface area contributed by atoms with E-state index in [1.807, 2.05) is 19.3 Å². The molecular weight excluding hydrogens is 300 g/mol. The van der Waals surface area contributed by atoms with Crippen molar-refractivity contribution in [1.82, 2.24) is 20.0 Å². The fraction of sp³-hybridized carbons (Fsp3) is 0.684. The molecule has 1 aromatic heterocycles. The molecule has 1 aliphatic carbocycles. The highest BCUT2D eigenvalue weighted by Crippen LogP contribution is 2.35. The minimum Gasteiger partial charge on any atom is -0.351 e.